The minimum atomic E-state index is -0.755. The first-order valence-electron chi connectivity index (χ1n) is 7.76. The van der Waals surface area contributed by atoms with Crippen molar-refractivity contribution in [3.8, 4) is 0 Å². The maximum Gasteiger partial charge on any atom is 0.314 e. The Bertz CT molecular complexity index is 776. The quantitative estimate of drug-likeness (QED) is 0.584. The van der Waals surface area contributed by atoms with Gasteiger partial charge in [0.2, 0.25) is 0 Å². The van der Waals surface area contributed by atoms with Gasteiger partial charge in [-0.15, -0.1) is 0 Å². The first kappa shape index (κ1) is 17.5. The van der Waals surface area contributed by atoms with Gasteiger partial charge in [0.25, 0.3) is 0 Å². The molecule has 126 valence electrons. The van der Waals surface area contributed by atoms with Crippen molar-refractivity contribution >= 4 is 28.9 Å². The van der Waals surface area contributed by atoms with Gasteiger partial charge in [-0.25, -0.2) is 0 Å². The summed E-state index contributed by atoms with van der Waals surface area (Å²) in [7, 11) is 0. The van der Waals surface area contributed by atoms with E-state index in [1.165, 1.54) is 0 Å². The molecule has 4 N–H and O–H groups in total. The Kier molecular flexibility index (Phi) is 4.93. The number of nitrogens with one attached hydrogen (secondary N) is 2. The molecule has 5 heteroatoms. The van der Waals surface area contributed by atoms with Crippen molar-refractivity contribution in [1.29, 1.82) is 0 Å². The molecule has 0 aliphatic heterocycles. The molecule has 0 atom stereocenters. The van der Waals surface area contributed by atoms with E-state index < -0.39 is 11.8 Å². The van der Waals surface area contributed by atoms with E-state index in [9.17, 15) is 9.59 Å². The highest BCUT2D eigenvalue weighted by Gasteiger charge is 2.21. The van der Waals surface area contributed by atoms with Crippen molar-refractivity contribution in [2.75, 3.05) is 16.4 Å². The number of anilines is 3. The van der Waals surface area contributed by atoms with Gasteiger partial charge in [0.05, 0.1) is 11.4 Å². The van der Waals surface area contributed by atoms with Crippen LogP contribution in [0.3, 0.4) is 0 Å². The molecule has 0 aromatic heterocycles. The number of carbonyl (C=O) groups excluding carboxylic acids is 2. The molecule has 0 bridgehead atoms. The van der Waals surface area contributed by atoms with Gasteiger partial charge in [0, 0.05) is 5.69 Å². The van der Waals surface area contributed by atoms with Crippen LogP contribution in [-0.4, -0.2) is 11.8 Å². The van der Waals surface area contributed by atoms with Gasteiger partial charge in [-0.05, 0) is 41.7 Å². The monoisotopic (exact) mass is 325 g/mol. The zero-order valence-corrected chi connectivity index (χ0v) is 14.4. The topological polar surface area (TPSA) is 84.2 Å². The minimum absolute atomic E-state index is 0.151. The Labute approximate surface area is 142 Å². The third kappa shape index (κ3) is 4.13. The fourth-order valence-corrected chi connectivity index (χ4v) is 2.40. The average Bonchev–Trinajstić information content (AvgIpc) is 2.49. The second-order valence-electron chi connectivity index (χ2n) is 6.79. The van der Waals surface area contributed by atoms with Gasteiger partial charge < -0.3 is 16.4 Å². The van der Waals surface area contributed by atoms with E-state index in [-0.39, 0.29) is 5.41 Å². The molecule has 0 aliphatic carbocycles. The Morgan fingerprint density at radius 3 is 2.08 bits per heavy atom. The third-order valence-corrected chi connectivity index (χ3v) is 3.64. The number of aryl methyl sites for hydroxylation is 1. The van der Waals surface area contributed by atoms with Gasteiger partial charge in [0.15, 0.2) is 0 Å². The van der Waals surface area contributed by atoms with Crippen molar-refractivity contribution in [3.63, 3.8) is 0 Å². The number of nitrogens with two attached hydrogens (primary N) is 1. The highest BCUT2D eigenvalue weighted by atomic mass is 16.2. The molecule has 5 nitrogen and oxygen atoms in total. The summed E-state index contributed by atoms with van der Waals surface area (Å²) in [4.78, 5) is 24.3. The lowest BCUT2D eigenvalue weighted by atomic mass is 9.86. The maximum atomic E-state index is 12.2. The van der Waals surface area contributed by atoms with E-state index in [4.69, 9.17) is 5.73 Å². The summed E-state index contributed by atoms with van der Waals surface area (Å²) in [6.45, 7) is 8.04. The van der Waals surface area contributed by atoms with E-state index in [2.05, 4.69) is 10.6 Å². The van der Waals surface area contributed by atoms with Crippen LogP contribution in [0.5, 0.6) is 0 Å². The van der Waals surface area contributed by atoms with Crippen LogP contribution in [0.15, 0.2) is 42.5 Å². The molecule has 2 aromatic carbocycles. The fraction of sp³-hybridized carbons (Fsp3) is 0.263. The van der Waals surface area contributed by atoms with Crippen molar-refractivity contribution < 1.29 is 9.59 Å². The smallest absolute Gasteiger partial charge is 0.314 e. The predicted octanol–water partition coefficient (Wildman–Crippen LogP) is 3.45. The number of hydrogen-bond acceptors (Lipinski definition) is 3. The molecule has 24 heavy (non-hydrogen) atoms. The summed E-state index contributed by atoms with van der Waals surface area (Å²) in [6.07, 6.45) is 0. The first-order valence-corrected chi connectivity index (χ1v) is 7.76. The number of benzene rings is 2. The molecule has 0 fully saturated rings. The summed E-state index contributed by atoms with van der Waals surface area (Å²) in [5.74, 6) is -1.49. The lowest BCUT2D eigenvalue weighted by molar-refractivity contribution is -0.133. The second kappa shape index (κ2) is 6.74. The Balaban J connectivity index is 2.14. The summed E-state index contributed by atoms with van der Waals surface area (Å²) in [6, 6.07) is 12.7. The zero-order chi connectivity index (χ0) is 17.9. The number of para-hydroxylation sites is 1. The fourth-order valence-electron chi connectivity index (χ4n) is 2.40. The zero-order valence-electron chi connectivity index (χ0n) is 14.4. The minimum Gasteiger partial charge on any atom is -0.397 e. The maximum absolute atomic E-state index is 12.2. The van der Waals surface area contributed by atoms with Crippen LogP contribution in [-0.2, 0) is 15.0 Å². The summed E-state index contributed by atoms with van der Waals surface area (Å²) in [5.41, 5.74) is 9.12. The number of rotatable bonds is 2. The molecule has 0 unspecified atom stereocenters. The van der Waals surface area contributed by atoms with Crippen molar-refractivity contribution in [1.82, 2.24) is 0 Å². The van der Waals surface area contributed by atoms with E-state index in [0.29, 0.717) is 17.1 Å². The SMILES string of the molecule is Cc1ccc(NC(=O)C(=O)Nc2ccccc2C(C)(C)C)c(N)c1. The van der Waals surface area contributed by atoms with E-state index in [1.807, 2.05) is 52.0 Å². The van der Waals surface area contributed by atoms with Crippen LogP contribution in [0.2, 0.25) is 0 Å². The Hall–Kier alpha value is -2.82. The highest BCUT2D eigenvalue weighted by molar-refractivity contribution is 6.44. The normalized spacial score (nSPS) is 11.0. The van der Waals surface area contributed by atoms with Gasteiger partial charge in [-0.2, -0.15) is 0 Å². The predicted molar refractivity (Wildman–Crippen MR) is 98.0 cm³/mol. The van der Waals surface area contributed by atoms with Crippen molar-refractivity contribution in [2.45, 2.75) is 33.1 Å². The first-order chi connectivity index (χ1) is 11.2. The van der Waals surface area contributed by atoms with Crippen molar-refractivity contribution in [3.05, 3.63) is 53.6 Å². The molecule has 0 saturated heterocycles. The molecular weight excluding hydrogens is 302 g/mol. The Morgan fingerprint density at radius 2 is 1.50 bits per heavy atom. The lowest BCUT2D eigenvalue weighted by Gasteiger charge is -2.22. The summed E-state index contributed by atoms with van der Waals surface area (Å²) >= 11 is 0. The van der Waals surface area contributed by atoms with Crippen LogP contribution in [0.25, 0.3) is 0 Å². The second-order valence-corrected chi connectivity index (χ2v) is 6.79. The molecule has 0 radical (unpaired) electrons. The van der Waals surface area contributed by atoms with E-state index >= 15 is 0 Å². The summed E-state index contributed by atoms with van der Waals surface area (Å²) in [5, 5.41) is 5.22. The van der Waals surface area contributed by atoms with Crippen LogP contribution in [0.1, 0.15) is 31.9 Å². The number of nitrogen functional groups attached to an aromatic ring is 1. The van der Waals surface area contributed by atoms with Gasteiger partial charge in [-0.3, -0.25) is 9.59 Å². The average molecular weight is 325 g/mol. The molecular formula is C19H23N3O2. The van der Waals surface area contributed by atoms with E-state index in [0.717, 1.165) is 11.1 Å². The molecule has 0 aliphatic rings. The molecule has 2 rings (SSSR count). The molecule has 0 heterocycles. The van der Waals surface area contributed by atoms with Gasteiger partial charge in [-0.1, -0.05) is 45.0 Å². The van der Waals surface area contributed by atoms with Crippen LogP contribution < -0.4 is 16.4 Å². The molecule has 0 saturated carbocycles. The third-order valence-electron chi connectivity index (χ3n) is 3.64. The Morgan fingerprint density at radius 1 is 0.917 bits per heavy atom. The number of hydrogen-bond donors (Lipinski definition) is 3. The van der Waals surface area contributed by atoms with Gasteiger partial charge >= 0.3 is 11.8 Å². The largest absolute Gasteiger partial charge is 0.397 e. The molecule has 2 aromatic rings. The number of carbonyl (C=O) groups is 2. The molecule has 2 amide bonds. The standard InChI is InChI=1S/C19H23N3O2/c1-12-9-10-16(14(20)11-12)22-18(24)17(23)21-15-8-6-5-7-13(15)19(2,3)4/h5-11H,20H2,1-4H3,(H,21,23)(H,22,24). The van der Waals surface area contributed by atoms with Crippen molar-refractivity contribution in [2.24, 2.45) is 0 Å². The number of amides is 2. The van der Waals surface area contributed by atoms with Crippen LogP contribution in [0.4, 0.5) is 17.1 Å². The van der Waals surface area contributed by atoms with Gasteiger partial charge in [0.1, 0.15) is 0 Å². The summed E-state index contributed by atoms with van der Waals surface area (Å²) < 4.78 is 0. The van der Waals surface area contributed by atoms with Crippen LogP contribution >= 0.6 is 0 Å². The molecule has 0 spiro atoms. The van der Waals surface area contributed by atoms with E-state index in [1.54, 1.807) is 18.2 Å². The van der Waals surface area contributed by atoms with Crippen LogP contribution in [0, 0.1) is 6.92 Å². The highest BCUT2D eigenvalue weighted by Crippen LogP contribution is 2.29. The lowest BCUT2D eigenvalue weighted by Crippen LogP contribution is -2.30.